The summed E-state index contributed by atoms with van der Waals surface area (Å²) >= 11 is 0. The Kier molecular flexibility index (Phi) is 5.46. The lowest BCUT2D eigenvalue weighted by Gasteiger charge is -2.29. The number of fused-ring (bicyclic) bond motifs is 3. The number of ether oxygens (including phenoxy) is 3. The Morgan fingerprint density at radius 2 is 2.00 bits per heavy atom. The number of allylic oxidation sites excluding steroid dienone is 1. The highest BCUT2D eigenvalue weighted by atomic mass is 16.5. The zero-order valence-electron chi connectivity index (χ0n) is 16.4. The van der Waals surface area contributed by atoms with Crippen LogP contribution in [0.15, 0.2) is 42.2 Å². The predicted molar refractivity (Wildman–Crippen MR) is 108 cm³/mol. The van der Waals surface area contributed by atoms with Crippen LogP contribution >= 0.6 is 0 Å². The molecular formula is C23H25NO4. The summed E-state index contributed by atoms with van der Waals surface area (Å²) in [6.45, 7) is 4.95. The van der Waals surface area contributed by atoms with Crippen LogP contribution in [-0.2, 0) is 17.7 Å². The minimum Gasteiger partial charge on any atom is -0.478 e. The summed E-state index contributed by atoms with van der Waals surface area (Å²) in [5.74, 6) is 1.72. The van der Waals surface area contributed by atoms with Crippen LogP contribution < -0.4 is 9.47 Å². The molecule has 5 heteroatoms. The van der Waals surface area contributed by atoms with Crippen molar-refractivity contribution in [2.45, 2.75) is 26.3 Å². The predicted octanol–water partition coefficient (Wildman–Crippen LogP) is 4.05. The molecule has 0 unspecified atom stereocenters. The van der Waals surface area contributed by atoms with E-state index in [0.717, 1.165) is 42.9 Å². The van der Waals surface area contributed by atoms with Gasteiger partial charge in [0.05, 0.1) is 11.1 Å². The second-order valence-corrected chi connectivity index (χ2v) is 7.13. The zero-order chi connectivity index (χ0) is 19.5. The molecule has 0 radical (unpaired) electrons. The van der Waals surface area contributed by atoms with Crippen molar-refractivity contribution in [1.82, 2.24) is 4.90 Å². The van der Waals surface area contributed by atoms with Crippen LogP contribution in [-0.4, -0.2) is 37.7 Å². The monoisotopic (exact) mass is 379 g/mol. The molecule has 0 N–H and O–H groups in total. The Morgan fingerprint density at radius 1 is 1.18 bits per heavy atom. The van der Waals surface area contributed by atoms with Crippen molar-refractivity contribution in [3.8, 4) is 11.5 Å². The van der Waals surface area contributed by atoms with Crippen molar-refractivity contribution in [2.75, 3.05) is 27.0 Å². The first-order valence-electron chi connectivity index (χ1n) is 9.72. The first-order chi connectivity index (χ1) is 13.7. The van der Waals surface area contributed by atoms with Crippen LogP contribution in [0.25, 0.3) is 6.08 Å². The average Bonchev–Trinajstić information content (AvgIpc) is 3.05. The molecule has 2 aromatic carbocycles. The fourth-order valence-electron chi connectivity index (χ4n) is 3.58. The lowest BCUT2D eigenvalue weighted by atomic mass is 10.0. The van der Waals surface area contributed by atoms with E-state index in [1.807, 2.05) is 24.3 Å². The highest BCUT2D eigenvalue weighted by molar-refractivity contribution is 6.15. The average molecular weight is 379 g/mol. The zero-order valence-corrected chi connectivity index (χ0v) is 16.4. The molecule has 0 bridgehead atoms. The summed E-state index contributed by atoms with van der Waals surface area (Å²) in [5.41, 5.74) is 3.78. The van der Waals surface area contributed by atoms with Gasteiger partial charge < -0.3 is 14.2 Å². The fraction of sp³-hybridized carbons (Fsp3) is 0.348. The van der Waals surface area contributed by atoms with Gasteiger partial charge in [-0.15, -0.1) is 0 Å². The molecule has 0 atom stereocenters. The summed E-state index contributed by atoms with van der Waals surface area (Å²) in [7, 11) is 1.71. The van der Waals surface area contributed by atoms with E-state index >= 15 is 0 Å². The van der Waals surface area contributed by atoms with Gasteiger partial charge in [0, 0.05) is 26.8 Å². The Morgan fingerprint density at radius 3 is 2.75 bits per heavy atom. The van der Waals surface area contributed by atoms with Gasteiger partial charge in [0.2, 0.25) is 5.78 Å². The number of hydrogen-bond donors (Lipinski definition) is 0. The van der Waals surface area contributed by atoms with Gasteiger partial charge in [-0.25, -0.2) is 0 Å². The first kappa shape index (κ1) is 18.7. The molecule has 146 valence electrons. The molecule has 2 aliphatic rings. The van der Waals surface area contributed by atoms with E-state index in [4.69, 9.17) is 14.2 Å². The third-order valence-electron chi connectivity index (χ3n) is 5.19. The number of aryl methyl sites for hydroxylation is 1. The minimum atomic E-state index is -0.0751. The molecule has 0 fully saturated rings. The molecule has 5 nitrogen and oxygen atoms in total. The highest BCUT2D eigenvalue weighted by Crippen LogP contribution is 2.42. The maximum Gasteiger partial charge on any atom is 0.231 e. The quantitative estimate of drug-likeness (QED) is 0.560. The molecule has 2 heterocycles. The molecule has 2 aromatic rings. The number of nitrogens with zero attached hydrogens (tertiary/aromatic N) is 1. The van der Waals surface area contributed by atoms with Crippen molar-refractivity contribution in [1.29, 1.82) is 0 Å². The number of hydrogen-bond acceptors (Lipinski definition) is 5. The van der Waals surface area contributed by atoms with Crippen LogP contribution in [0, 0.1) is 0 Å². The molecule has 0 saturated heterocycles. The van der Waals surface area contributed by atoms with Gasteiger partial charge in [0.25, 0.3) is 0 Å². The SMILES string of the molecule is CCc1ccc(/C=C2\Oc3c(ccc4c3CN(CCCOC)CO4)C2=O)cc1. The highest BCUT2D eigenvalue weighted by Gasteiger charge is 2.33. The fourth-order valence-corrected chi connectivity index (χ4v) is 3.58. The number of carbonyl (C=O) groups is 1. The second kappa shape index (κ2) is 8.17. The van der Waals surface area contributed by atoms with Crippen LogP contribution in [0.5, 0.6) is 11.5 Å². The smallest absolute Gasteiger partial charge is 0.231 e. The van der Waals surface area contributed by atoms with Crippen LogP contribution in [0.3, 0.4) is 0 Å². The Bertz CT molecular complexity index is 902. The summed E-state index contributed by atoms with van der Waals surface area (Å²) in [4.78, 5) is 15.0. The first-order valence-corrected chi connectivity index (χ1v) is 9.72. The van der Waals surface area contributed by atoms with Crippen molar-refractivity contribution in [3.63, 3.8) is 0 Å². The van der Waals surface area contributed by atoms with Crippen LogP contribution in [0.2, 0.25) is 0 Å². The van der Waals surface area contributed by atoms with E-state index in [-0.39, 0.29) is 5.78 Å². The number of carbonyl (C=O) groups excluding carboxylic acids is 1. The molecule has 2 aliphatic heterocycles. The standard InChI is InChI=1S/C23H25NO4/c1-3-16-5-7-17(8-6-16)13-21-22(25)18-9-10-20-19(23(18)28-21)14-24(15-27-20)11-4-12-26-2/h5-10,13H,3-4,11-12,14-15H2,1-2H3/b21-13-. The molecule has 0 spiro atoms. The second-order valence-electron chi connectivity index (χ2n) is 7.13. The molecule has 0 aliphatic carbocycles. The molecule has 28 heavy (non-hydrogen) atoms. The summed E-state index contributed by atoms with van der Waals surface area (Å²) in [6, 6.07) is 11.9. The van der Waals surface area contributed by atoms with E-state index < -0.39 is 0 Å². The van der Waals surface area contributed by atoms with E-state index in [2.05, 4.69) is 24.0 Å². The third-order valence-corrected chi connectivity index (χ3v) is 5.19. The van der Waals surface area contributed by atoms with Gasteiger partial charge in [-0.3, -0.25) is 9.69 Å². The molecule has 4 rings (SSSR count). The molecule has 0 saturated carbocycles. The van der Waals surface area contributed by atoms with Gasteiger partial charge in [-0.1, -0.05) is 31.2 Å². The minimum absolute atomic E-state index is 0.0751. The largest absolute Gasteiger partial charge is 0.478 e. The van der Waals surface area contributed by atoms with Gasteiger partial charge in [0.1, 0.15) is 18.2 Å². The van der Waals surface area contributed by atoms with Gasteiger partial charge in [0.15, 0.2) is 5.76 Å². The molecule has 0 aromatic heterocycles. The van der Waals surface area contributed by atoms with E-state index in [0.29, 0.717) is 30.3 Å². The van der Waals surface area contributed by atoms with Crippen LogP contribution in [0.1, 0.15) is 40.4 Å². The molecular weight excluding hydrogens is 354 g/mol. The normalized spacial score (nSPS) is 17.2. The van der Waals surface area contributed by atoms with E-state index in [1.54, 1.807) is 13.2 Å². The Balaban J connectivity index is 1.57. The van der Waals surface area contributed by atoms with Gasteiger partial charge in [-0.05, 0) is 42.2 Å². The maximum absolute atomic E-state index is 12.8. The van der Waals surface area contributed by atoms with Gasteiger partial charge in [-0.2, -0.15) is 0 Å². The van der Waals surface area contributed by atoms with E-state index in [9.17, 15) is 4.79 Å². The van der Waals surface area contributed by atoms with Crippen LogP contribution in [0.4, 0.5) is 0 Å². The lowest BCUT2D eigenvalue weighted by molar-refractivity contribution is 0.0823. The summed E-state index contributed by atoms with van der Waals surface area (Å²) < 4.78 is 17.0. The topological polar surface area (TPSA) is 48.0 Å². The van der Waals surface area contributed by atoms with Crippen molar-refractivity contribution >= 4 is 11.9 Å². The van der Waals surface area contributed by atoms with Crippen molar-refractivity contribution in [2.24, 2.45) is 0 Å². The number of benzene rings is 2. The Hall–Kier alpha value is -2.63. The van der Waals surface area contributed by atoms with Crippen molar-refractivity contribution in [3.05, 3.63) is 64.4 Å². The third kappa shape index (κ3) is 3.68. The van der Waals surface area contributed by atoms with E-state index in [1.165, 1.54) is 5.56 Å². The van der Waals surface area contributed by atoms with Gasteiger partial charge >= 0.3 is 0 Å². The summed E-state index contributed by atoms with van der Waals surface area (Å²) in [6.07, 6.45) is 3.74. The summed E-state index contributed by atoms with van der Waals surface area (Å²) in [5, 5.41) is 0. The lowest BCUT2D eigenvalue weighted by Crippen LogP contribution is -2.33. The maximum atomic E-state index is 12.8. The number of ketones is 1. The number of Topliss-reactive ketones (excluding diaryl/α,β-unsaturated/α-hetero) is 1. The van der Waals surface area contributed by atoms with Crippen molar-refractivity contribution < 1.29 is 19.0 Å². The Labute approximate surface area is 165 Å². The molecule has 0 amide bonds. The number of methoxy groups -OCH3 is 1. The number of rotatable bonds is 6.